The van der Waals surface area contributed by atoms with Crippen molar-refractivity contribution in [3.8, 4) is 0 Å². The molecule has 0 bridgehead atoms. The molecule has 0 radical (unpaired) electrons. The van der Waals surface area contributed by atoms with E-state index in [1.54, 1.807) is 24.3 Å². The molecule has 2 aromatic rings. The number of nitrogens with two attached hydrogens (primary N) is 1. The van der Waals surface area contributed by atoms with Crippen molar-refractivity contribution in [1.82, 2.24) is 15.2 Å². The Morgan fingerprint density at radius 2 is 2.10 bits per heavy atom. The van der Waals surface area contributed by atoms with E-state index in [4.69, 9.17) is 10.6 Å². The zero-order chi connectivity index (χ0) is 29.0. The number of rotatable bonds is 10. The van der Waals surface area contributed by atoms with Gasteiger partial charge in [0.1, 0.15) is 29.9 Å². The van der Waals surface area contributed by atoms with E-state index in [-0.39, 0.29) is 45.4 Å². The number of carboxylic acids is 1. The minimum absolute atomic E-state index is 0.0165. The van der Waals surface area contributed by atoms with Crippen molar-refractivity contribution in [3.63, 3.8) is 0 Å². The highest BCUT2D eigenvalue weighted by atomic mass is 32.2. The fourth-order valence-corrected chi connectivity index (χ4v) is 6.39. The van der Waals surface area contributed by atoms with Gasteiger partial charge in [0.2, 0.25) is 5.91 Å². The third-order valence-corrected chi connectivity index (χ3v) is 8.56. The van der Waals surface area contributed by atoms with Gasteiger partial charge < -0.3 is 26.3 Å². The van der Waals surface area contributed by atoms with Crippen LogP contribution in [0, 0.1) is 0 Å². The maximum absolute atomic E-state index is 13.1. The third kappa shape index (κ3) is 6.46. The number of carbonyl (C=O) groups excluding carboxylic acids is 4. The van der Waals surface area contributed by atoms with Crippen LogP contribution in [0.15, 0.2) is 46.1 Å². The number of nitrogens with zero attached hydrogens (tertiary/aromatic N) is 3. The normalized spacial score (nSPS) is 18.5. The SMILES string of the molecule is CON=C(C(=O)N[C@@H]1C(=O)N2C(C(=O)O)=C(Cc3cccc(NC(=O)CSC(C)=O)c3)CS[C@H]12)c1csc(N)n1. The summed E-state index contributed by atoms with van der Waals surface area (Å²) in [7, 11) is 1.26. The number of benzene rings is 1. The zero-order valence-corrected chi connectivity index (χ0v) is 23.7. The van der Waals surface area contributed by atoms with Crippen LogP contribution < -0.4 is 16.4 Å². The molecule has 13 nitrogen and oxygen atoms in total. The van der Waals surface area contributed by atoms with Crippen molar-refractivity contribution >= 4 is 80.2 Å². The molecule has 1 aromatic heterocycles. The van der Waals surface area contributed by atoms with Crippen LogP contribution in [0.5, 0.6) is 0 Å². The molecule has 1 fully saturated rings. The van der Waals surface area contributed by atoms with Gasteiger partial charge in [-0.05, 0) is 29.7 Å². The number of anilines is 2. The Morgan fingerprint density at radius 3 is 2.75 bits per heavy atom. The largest absolute Gasteiger partial charge is 0.477 e. The lowest BCUT2D eigenvalue weighted by molar-refractivity contribution is -0.150. The van der Waals surface area contributed by atoms with Crippen LogP contribution in [0.3, 0.4) is 0 Å². The van der Waals surface area contributed by atoms with E-state index in [0.29, 0.717) is 17.0 Å². The number of nitrogen functional groups attached to an aromatic ring is 1. The number of fused-ring (bicyclic) bond motifs is 1. The van der Waals surface area contributed by atoms with Crippen LogP contribution in [0.2, 0.25) is 0 Å². The van der Waals surface area contributed by atoms with Crippen molar-refractivity contribution in [3.05, 3.63) is 52.2 Å². The quantitative estimate of drug-likeness (QED) is 0.173. The minimum atomic E-state index is -1.26. The van der Waals surface area contributed by atoms with Gasteiger partial charge in [0, 0.05) is 23.7 Å². The first kappa shape index (κ1) is 29.1. The van der Waals surface area contributed by atoms with E-state index < -0.39 is 29.2 Å². The molecule has 1 aromatic carbocycles. The summed E-state index contributed by atoms with van der Waals surface area (Å²) in [5.41, 5.74) is 7.28. The van der Waals surface area contributed by atoms with Gasteiger partial charge >= 0.3 is 5.97 Å². The monoisotopic (exact) mass is 604 g/mol. The molecule has 0 unspecified atom stereocenters. The number of carbonyl (C=O) groups is 5. The number of β-lactam (4-membered cyclic amide) rings is 1. The minimum Gasteiger partial charge on any atom is -0.477 e. The van der Waals surface area contributed by atoms with E-state index in [0.717, 1.165) is 28.7 Å². The second kappa shape index (κ2) is 12.5. The predicted octanol–water partition coefficient (Wildman–Crippen LogP) is 1.28. The lowest BCUT2D eigenvalue weighted by Crippen LogP contribution is -2.71. The van der Waals surface area contributed by atoms with Crippen molar-refractivity contribution in [1.29, 1.82) is 0 Å². The topological polar surface area (TPSA) is 193 Å². The summed E-state index contributed by atoms with van der Waals surface area (Å²) in [5, 5.41) is 20.0. The van der Waals surface area contributed by atoms with Gasteiger partial charge in [0.25, 0.3) is 11.8 Å². The summed E-state index contributed by atoms with van der Waals surface area (Å²) in [6.45, 7) is 1.38. The first-order valence-corrected chi connectivity index (χ1v) is 14.6. The molecule has 0 spiro atoms. The van der Waals surface area contributed by atoms with Gasteiger partial charge in [-0.2, -0.15) is 0 Å². The standard InChI is InChI=1S/C24H24N6O7S3/c1-11(31)38-10-16(32)26-14-5-3-4-12(7-14)6-13-8-39-22-18(21(34)30(22)19(13)23(35)36)28-20(33)17(29-37-2)15-9-40-24(25)27-15/h3-5,7,9,18,22H,6,8,10H2,1-2H3,(H2,25,27)(H,26,32)(H,28,33)(H,35,36)/t18-,22-/m1/s1. The smallest absolute Gasteiger partial charge is 0.352 e. The Labute approximate surface area is 240 Å². The summed E-state index contributed by atoms with van der Waals surface area (Å²) in [6.07, 6.45) is 0.226. The fraction of sp³-hybridized carbons (Fsp3) is 0.292. The predicted molar refractivity (Wildman–Crippen MR) is 152 cm³/mol. The van der Waals surface area contributed by atoms with Gasteiger partial charge in [0.15, 0.2) is 16.0 Å². The molecule has 2 atom stereocenters. The molecule has 5 N–H and O–H groups in total. The molecular formula is C24H24N6O7S3. The lowest BCUT2D eigenvalue weighted by atomic mass is 9.98. The molecule has 2 aliphatic heterocycles. The highest BCUT2D eigenvalue weighted by Crippen LogP contribution is 2.41. The van der Waals surface area contributed by atoms with E-state index in [1.807, 2.05) is 0 Å². The maximum atomic E-state index is 13.1. The fourth-order valence-electron chi connectivity index (χ4n) is 4.09. The molecule has 0 aliphatic carbocycles. The van der Waals surface area contributed by atoms with E-state index in [2.05, 4.69) is 20.8 Å². The summed E-state index contributed by atoms with van der Waals surface area (Å²) in [4.78, 5) is 71.4. The van der Waals surface area contributed by atoms with Crippen molar-refractivity contribution in [2.24, 2.45) is 5.16 Å². The van der Waals surface area contributed by atoms with Crippen LogP contribution in [0.1, 0.15) is 18.2 Å². The second-order valence-electron chi connectivity index (χ2n) is 8.52. The number of amides is 3. The van der Waals surface area contributed by atoms with Crippen LogP contribution in [0.4, 0.5) is 10.8 Å². The summed E-state index contributed by atoms with van der Waals surface area (Å²) < 4.78 is 0. The number of aliphatic carboxylic acids is 1. The first-order valence-electron chi connectivity index (χ1n) is 11.6. The Balaban J connectivity index is 1.47. The number of aromatic nitrogens is 1. The molecular weight excluding hydrogens is 581 g/mol. The molecule has 3 amide bonds. The summed E-state index contributed by atoms with van der Waals surface area (Å²) >= 11 is 3.33. The Bertz CT molecular complexity index is 1440. The van der Waals surface area contributed by atoms with E-state index >= 15 is 0 Å². The highest BCUT2D eigenvalue weighted by Gasteiger charge is 2.54. The molecule has 40 heavy (non-hydrogen) atoms. The average molecular weight is 605 g/mol. The Morgan fingerprint density at radius 1 is 1.32 bits per heavy atom. The van der Waals surface area contributed by atoms with E-state index in [9.17, 15) is 29.1 Å². The number of carboxylic acid groups (broad SMARTS) is 1. The number of hydrogen-bond donors (Lipinski definition) is 4. The molecule has 4 rings (SSSR count). The molecule has 3 heterocycles. The van der Waals surface area contributed by atoms with Gasteiger partial charge in [-0.25, -0.2) is 9.78 Å². The van der Waals surface area contributed by atoms with Gasteiger partial charge in [-0.15, -0.1) is 23.1 Å². The lowest BCUT2D eigenvalue weighted by Gasteiger charge is -2.49. The van der Waals surface area contributed by atoms with Crippen LogP contribution in [0.25, 0.3) is 0 Å². The number of thioether (sulfide) groups is 2. The molecule has 0 saturated carbocycles. The maximum Gasteiger partial charge on any atom is 0.352 e. The van der Waals surface area contributed by atoms with Gasteiger partial charge in [-0.1, -0.05) is 29.1 Å². The van der Waals surface area contributed by atoms with Crippen molar-refractivity contribution < 1.29 is 33.9 Å². The number of thiazole rings is 1. The number of nitrogens with one attached hydrogen (secondary N) is 2. The van der Waals surface area contributed by atoms with Crippen LogP contribution in [-0.2, 0) is 35.2 Å². The van der Waals surface area contributed by atoms with E-state index in [1.165, 1.54) is 36.1 Å². The average Bonchev–Trinajstić information content (AvgIpc) is 3.34. The van der Waals surface area contributed by atoms with Crippen molar-refractivity contribution in [2.45, 2.75) is 24.8 Å². The molecule has 1 saturated heterocycles. The number of oxime groups is 1. The number of hydrogen-bond acceptors (Lipinski definition) is 12. The highest BCUT2D eigenvalue weighted by molar-refractivity contribution is 8.14. The second-order valence-corrected chi connectivity index (χ2v) is 11.7. The first-order chi connectivity index (χ1) is 19.1. The zero-order valence-electron chi connectivity index (χ0n) is 21.2. The van der Waals surface area contributed by atoms with Crippen molar-refractivity contribution in [2.75, 3.05) is 29.7 Å². The van der Waals surface area contributed by atoms with Gasteiger partial charge in [-0.3, -0.25) is 24.1 Å². The van der Waals surface area contributed by atoms with Gasteiger partial charge in [0.05, 0.1) is 5.75 Å². The molecule has 2 aliphatic rings. The summed E-state index contributed by atoms with van der Waals surface area (Å²) in [6, 6.07) is 5.93. The third-order valence-electron chi connectivity index (χ3n) is 5.73. The van der Waals surface area contributed by atoms with Crippen LogP contribution >= 0.6 is 34.9 Å². The molecule has 210 valence electrons. The van der Waals surface area contributed by atoms with Crippen LogP contribution in [-0.4, -0.2) is 79.5 Å². The summed E-state index contributed by atoms with van der Waals surface area (Å²) in [5.74, 6) is -2.59. The molecule has 16 heteroatoms. The Hall–Kier alpha value is -3.89. The Kier molecular flexibility index (Phi) is 9.11.